The monoisotopic (exact) mass is 394 g/mol. The number of hydrogen-bond donors (Lipinski definition) is 0. The Hall–Kier alpha value is -2.73. The minimum atomic E-state index is -3.83. The molecular weight excluding hydrogens is 374 g/mol. The number of fused-ring (bicyclic) bond motifs is 2. The van der Waals surface area contributed by atoms with E-state index < -0.39 is 15.8 Å². The molecule has 5 rings (SSSR count). The van der Waals surface area contributed by atoms with Gasteiger partial charge in [0.2, 0.25) is 0 Å². The van der Waals surface area contributed by atoms with Crippen LogP contribution in [0.3, 0.4) is 0 Å². The van der Waals surface area contributed by atoms with Crippen molar-refractivity contribution in [3.8, 4) is 11.5 Å². The van der Waals surface area contributed by atoms with Crippen LogP contribution in [-0.4, -0.2) is 14.2 Å². The van der Waals surface area contributed by atoms with Crippen LogP contribution in [0.1, 0.15) is 32.1 Å². The fraction of sp³-hybridized carbons (Fsp3) is 0.273. The molecule has 1 fully saturated rings. The van der Waals surface area contributed by atoms with Gasteiger partial charge in [-0.15, -0.1) is 5.69 Å². The Labute approximate surface area is 164 Å². The van der Waals surface area contributed by atoms with Gasteiger partial charge in [0.25, 0.3) is 5.79 Å². The molecule has 0 saturated heterocycles. The Morgan fingerprint density at radius 2 is 1.54 bits per heavy atom. The van der Waals surface area contributed by atoms with Crippen LogP contribution in [0.2, 0.25) is 0 Å². The molecule has 5 nitrogen and oxygen atoms in total. The normalized spacial score (nSPS) is 17.7. The maximum atomic E-state index is 12.8. The van der Waals surface area contributed by atoms with Gasteiger partial charge in [-0.05, 0) is 47.9 Å². The number of sulfonamides is 1. The highest BCUT2D eigenvalue weighted by molar-refractivity contribution is 7.94. The third-order valence-electron chi connectivity index (χ3n) is 5.38. The lowest BCUT2D eigenvalue weighted by Crippen LogP contribution is -2.40. The third kappa shape index (κ3) is 3.07. The van der Waals surface area contributed by atoms with Crippen molar-refractivity contribution >= 4 is 26.5 Å². The molecule has 0 amide bonds. The molecule has 1 saturated carbocycles. The largest absolute Gasteiger partial charge is 0.573 e. The summed E-state index contributed by atoms with van der Waals surface area (Å²) in [4.78, 5) is 0.174. The summed E-state index contributed by atoms with van der Waals surface area (Å²) in [5.41, 5.74) is 0.336. The topological polar surface area (TPSA) is 66.7 Å². The lowest BCUT2D eigenvalue weighted by Gasteiger charge is -2.31. The van der Waals surface area contributed by atoms with Gasteiger partial charge < -0.3 is 14.2 Å². The maximum Gasteiger partial charge on any atom is 0.251 e. The Morgan fingerprint density at radius 1 is 0.786 bits per heavy atom. The minimum Gasteiger partial charge on any atom is -0.573 e. The van der Waals surface area contributed by atoms with E-state index in [4.69, 9.17) is 9.47 Å². The molecule has 3 aromatic carbocycles. The number of benzene rings is 3. The second-order valence-corrected chi connectivity index (χ2v) is 8.99. The number of hydrogen-bond acceptors (Lipinski definition) is 4. The van der Waals surface area contributed by atoms with E-state index in [1.165, 1.54) is 6.42 Å². The molecule has 3 aromatic rings. The van der Waals surface area contributed by atoms with Gasteiger partial charge in [0.1, 0.15) is 10.0 Å². The zero-order chi connectivity index (χ0) is 19.2. The molecule has 28 heavy (non-hydrogen) atoms. The fourth-order valence-corrected chi connectivity index (χ4v) is 4.97. The summed E-state index contributed by atoms with van der Waals surface area (Å²) >= 11 is 0. The summed E-state index contributed by atoms with van der Waals surface area (Å²) in [5.74, 6) is 0.636. The van der Waals surface area contributed by atoms with Gasteiger partial charge in [0, 0.05) is 12.8 Å². The molecule has 1 heterocycles. The number of ether oxygens (including phenoxy) is 2. The van der Waals surface area contributed by atoms with Gasteiger partial charge in [-0.25, -0.2) is 8.42 Å². The summed E-state index contributed by atoms with van der Waals surface area (Å²) < 4.78 is 41.7. The quantitative estimate of drug-likeness (QED) is 0.574. The Balaban J connectivity index is 1.41. The van der Waals surface area contributed by atoms with Gasteiger partial charge in [-0.2, -0.15) is 0 Å². The Kier molecular flexibility index (Phi) is 3.98. The summed E-state index contributed by atoms with van der Waals surface area (Å²) in [5, 5.41) is 1.85. The van der Waals surface area contributed by atoms with Crippen LogP contribution in [0.5, 0.6) is 11.5 Å². The first-order chi connectivity index (χ1) is 13.5. The molecule has 1 aliphatic heterocycles. The molecule has 6 heteroatoms. The van der Waals surface area contributed by atoms with E-state index in [-0.39, 0.29) is 4.90 Å². The molecular formula is C22H20NO4S-. The predicted octanol–water partition coefficient (Wildman–Crippen LogP) is 5.67. The Morgan fingerprint density at radius 3 is 2.36 bits per heavy atom. The molecule has 0 radical (unpaired) electrons. The van der Waals surface area contributed by atoms with Gasteiger partial charge in [-0.3, -0.25) is 0 Å². The lowest BCUT2D eigenvalue weighted by atomic mass is 9.94. The zero-order valence-electron chi connectivity index (χ0n) is 15.3. The van der Waals surface area contributed by atoms with Crippen LogP contribution < -0.4 is 9.47 Å². The maximum absolute atomic E-state index is 12.8. The first-order valence-corrected chi connectivity index (χ1v) is 11.0. The highest BCUT2D eigenvalue weighted by Gasteiger charge is 2.42. The van der Waals surface area contributed by atoms with Crippen LogP contribution in [0, 0.1) is 0 Å². The molecule has 0 atom stereocenters. The summed E-state index contributed by atoms with van der Waals surface area (Å²) in [6.45, 7) is 0. The van der Waals surface area contributed by atoms with Crippen molar-refractivity contribution < 1.29 is 17.9 Å². The smallest absolute Gasteiger partial charge is 0.251 e. The van der Waals surface area contributed by atoms with Crippen molar-refractivity contribution in [1.82, 2.24) is 0 Å². The van der Waals surface area contributed by atoms with E-state index in [0.29, 0.717) is 17.2 Å². The van der Waals surface area contributed by atoms with Crippen molar-refractivity contribution in [2.45, 2.75) is 42.8 Å². The van der Waals surface area contributed by atoms with E-state index in [2.05, 4.69) is 4.72 Å². The third-order valence-corrected chi connectivity index (χ3v) is 6.68. The van der Waals surface area contributed by atoms with E-state index in [1.54, 1.807) is 36.4 Å². The standard InChI is InChI=1S/C22H20NO4S/c24-28(25,19-10-8-16-6-2-3-7-17(16)14-19)23-18-9-11-20-21(15-18)27-22(26-20)12-4-1-5-13-22/h2-3,6-11,14-15H,1,4-5,12-13H2/q-1. The Bertz CT molecular complexity index is 1150. The first kappa shape index (κ1) is 17.4. The average Bonchev–Trinajstić information content (AvgIpc) is 3.04. The summed E-state index contributed by atoms with van der Waals surface area (Å²) in [6.07, 6.45) is 5.03. The SMILES string of the molecule is O=S(=O)([N-]c1ccc2c(c1)OC1(CCCCC1)O2)c1ccc2ccccc2c1. The molecule has 1 spiro atoms. The summed E-state index contributed by atoms with van der Waals surface area (Å²) in [6, 6.07) is 17.7. The van der Waals surface area contributed by atoms with Gasteiger partial charge in [0.15, 0.2) is 11.5 Å². The van der Waals surface area contributed by atoms with Crippen LogP contribution in [-0.2, 0) is 10.0 Å². The summed E-state index contributed by atoms with van der Waals surface area (Å²) in [7, 11) is -3.83. The molecule has 2 aliphatic rings. The predicted molar refractivity (Wildman–Crippen MR) is 108 cm³/mol. The van der Waals surface area contributed by atoms with E-state index in [9.17, 15) is 8.42 Å². The van der Waals surface area contributed by atoms with E-state index in [1.807, 2.05) is 24.3 Å². The molecule has 0 N–H and O–H groups in total. The van der Waals surface area contributed by atoms with Crippen molar-refractivity contribution in [2.24, 2.45) is 0 Å². The fourth-order valence-electron chi connectivity index (χ4n) is 3.95. The molecule has 0 unspecified atom stereocenters. The van der Waals surface area contributed by atoms with Crippen molar-refractivity contribution in [1.29, 1.82) is 0 Å². The van der Waals surface area contributed by atoms with Crippen LogP contribution in [0.15, 0.2) is 65.6 Å². The lowest BCUT2D eigenvalue weighted by molar-refractivity contribution is -0.105. The van der Waals surface area contributed by atoms with Crippen molar-refractivity contribution in [3.63, 3.8) is 0 Å². The highest BCUT2D eigenvalue weighted by Crippen LogP contribution is 2.47. The first-order valence-electron chi connectivity index (χ1n) is 9.52. The number of rotatable bonds is 3. The number of nitrogens with zero attached hydrogens (tertiary/aromatic N) is 1. The van der Waals surface area contributed by atoms with Gasteiger partial charge >= 0.3 is 0 Å². The van der Waals surface area contributed by atoms with Crippen LogP contribution in [0.4, 0.5) is 5.69 Å². The molecule has 0 bridgehead atoms. The molecule has 144 valence electrons. The minimum absolute atomic E-state index is 0.174. The average molecular weight is 394 g/mol. The van der Waals surface area contributed by atoms with Crippen molar-refractivity contribution in [3.05, 3.63) is 65.4 Å². The van der Waals surface area contributed by atoms with E-state index >= 15 is 0 Å². The second kappa shape index (κ2) is 6.41. The molecule has 1 aliphatic carbocycles. The van der Waals surface area contributed by atoms with Crippen LogP contribution in [0.25, 0.3) is 15.5 Å². The van der Waals surface area contributed by atoms with Gasteiger partial charge in [-0.1, -0.05) is 42.8 Å². The van der Waals surface area contributed by atoms with E-state index in [0.717, 1.165) is 36.5 Å². The van der Waals surface area contributed by atoms with Gasteiger partial charge in [0.05, 0.1) is 4.90 Å². The highest BCUT2D eigenvalue weighted by atomic mass is 32.2. The second-order valence-electron chi connectivity index (χ2n) is 7.38. The zero-order valence-corrected chi connectivity index (χ0v) is 16.1. The van der Waals surface area contributed by atoms with Crippen molar-refractivity contribution in [2.75, 3.05) is 0 Å². The van der Waals surface area contributed by atoms with Crippen LogP contribution >= 0.6 is 0 Å². The molecule has 0 aromatic heterocycles.